The Labute approximate surface area is 164 Å². The maximum atomic E-state index is 11.9. The van der Waals surface area contributed by atoms with Crippen molar-refractivity contribution in [3.05, 3.63) is 57.5 Å². The minimum Gasteiger partial charge on any atom is -0.365 e. The fraction of sp³-hybridized carbons (Fsp3) is 0.500. The maximum absolute atomic E-state index is 11.9. The second-order valence-electron chi connectivity index (χ2n) is 8.21. The molecule has 2 heterocycles. The zero-order valence-electron chi connectivity index (χ0n) is 16.3. The Morgan fingerprint density at radius 1 is 1.30 bits per heavy atom. The van der Waals surface area contributed by atoms with E-state index in [9.17, 15) is 4.79 Å². The van der Waals surface area contributed by atoms with Crippen LogP contribution in [-0.2, 0) is 18.9 Å². The molecule has 1 atom stereocenters. The highest BCUT2D eigenvalue weighted by molar-refractivity contribution is 7.16. The van der Waals surface area contributed by atoms with Crippen molar-refractivity contribution < 1.29 is 0 Å². The van der Waals surface area contributed by atoms with Gasteiger partial charge in [-0.2, -0.15) is 0 Å². The van der Waals surface area contributed by atoms with Gasteiger partial charge in [0.05, 0.1) is 10.2 Å². The molecule has 1 unspecified atom stereocenters. The molecule has 4 nitrogen and oxygen atoms in total. The van der Waals surface area contributed by atoms with Crippen LogP contribution < -0.4 is 10.2 Å². The molecule has 0 aliphatic heterocycles. The maximum Gasteiger partial charge on any atom is 0.307 e. The van der Waals surface area contributed by atoms with Crippen LogP contribution in [0.2, 0.25) is 0 Å². The number of thiazole rings is 1. The predicted octanol–water partition coefficient (Wildman–Crippen LogP) is 4.35. The van der Waals surface area contributed by atoms with Gasteiger partial charge in [-0.1, -0.05) is 24.3 Å². The van der Waals surface area contributed by atoms with Gasteiger partial charge in [-0.15, -0.1) is 0 Å². The molecule has 1 fully saturated rings. The lowest BCUT2D eigenvalue weighted by Gasteiger charge is -2.29. The van der Waals surface area contributed by atoms with Crippen LogP contribution in [0.4, 0.5) is 0 Å². The molecule has 0 radical (unpaired) electrons. The summed E-state index contributed by atoms with van der Waals surface area (Å²) in [6, 6.07) is 11.6. The minimum atomic E-state index is 0.115. The number of benzene rings is 1. The summed E-state index contributed by atoms with van der Waals surface area (Å²) in [6.07, 6.45) is 9.23. The first-order valence-electron chi connectivity index (χ1n) is 10.0. The molecule has 0 spiro atoms. The van der Waals surface area contributed by atoms with E-state index in [4.69, 9.17) is 0 Å². The summed E-state index contributed by atoms with van der Waals surface area (Å²) in [6.45, 7) is 3.48. The molecule has 0 saturated heterocycles. The van der Waals surface area contributed by atoms with Crippen molar-refractivity contribution in [2.75, 3.05) is 6.54 Å². The number of H-pyrrole nitrogens is 1. The Bertz CT molecular complexity index is 952. The Hall–Kier alpha value is -1.85. The van der Waals surface area contributed by atoms with E-state index < -0.39 is 0 Å². The van der Waals surface area contributed by atoms with Crippen molar-refractivity contribution in [3.8, 4) is 0 Å². The molecule has 1 saturated carbocycles. The molecule has 5 heteroatoms. The number of aromatic amines is 1. The number of rotatable bonds is 9. The largest absolute Gasteiger partial charge is 0.365 e. The van der Waals surface area contributed by atoms with Crippen LogP contribution in [0.3, 0.4) is 0 Å². The third-order valence-electron chi connectivity index (χ3n) is 5.99. The zero-order chi connectivity index (χ0) is 18.9. The van der Waals surface area contributed by atoms with Gasteiger partial charge in [-0.25, -0.2) is 0 Å². The van der Waals surface area contributed by atoms with Gasteiger partial charge in [0.2, 0.25) is 0 Å². The molecule has 1 aliphatic carbocycles. The molecule has 4 rings (SSSR count). The lowest BCUT2D eigenvalue weighted by molar-refractivity contribution is 0.370. The smallest absolute Gasteiger partial charge is 0.307 e. The second kappa shape index (κ2) is 7.64. The Morgan fingerprint density at radius 2 is 2.15 bits per heavy atom. The van der Waals surface area contributed by atoms with E-state index in [0.29, 0.717) is 0 Å². The van der Waals surface area contributed by atoms with Crippen molar-refractivity contribution in [1.29, 1.82) is 0 Å². The van der Waals surface area contributed by atoms with Gasteiger partial charge in [-0.3, -0.25) is 4.79 Å². The van der Waals surface area contributed by atoms with E-state index in [0.717, 1.165) is 48.5 Å². The first-order chi connectivity index (χ1) is 13.0. The highest BCUT2D eigenvalue weighted by Gasteiger charge is 2.28. The first-order valence-corrected chi connectivity index (χ1v) is 10.8. The van der Waals surface area contributed by atoms with Crippen LogP contribution in [0, 0.1) is 0 Å². The van der Waals surface area contributed by atoms with Crippen LogP contribution >= 0.6 is 11.3 Å². The molecule has 1 aromatic carbocycles. The molecular formula is C22H29N3OS. The standard InChI is InChI=1S/C22H29N3OS/c1-22(20-6-4-13-24-20,12-14-23-17-8-9-17)11-3-5-16-7-10-18-19(15-16)27-21(26)25(18)2/h4,6-7,10,13,15,17,23-24H,3,5,8-9,11-12,14H2,1-2H3. The SMILES string of the molecule is Cn1c(=O)sc2cc(CCCC(C)(CCNC3CC3)c3ccc[nH]3)ccc21. The lowest BCUT2D eigenvalue weighted by atomic mass is 9.78. The fourth-order valence-corrected chi connectivity index (χ4v) is 4.90. The number of nitrogens with zero attached hydrogens (tertiary/aromatic N) is 1. The number of aryl methyl sites for hydroxylation is 2. The van der Waals surface area contributed by atoms with Crippen molar-refractivity contribution in [2.45, 2.75) is 56.9 Å². The Morgan fingerprint density at radius 3 is 2.89 bits per heavy atom. The molecule has 27 heavy (non-hydrogen) atoms. The van der Waals surface area contributed by atoms with Crippen LogP contribution in [0.15, 0.2) is 41.3 Å². The van der Waals surface area contributed by atoms with Crippen molar-refractivity contribution in [2.24, 2.45) is 7.05 Å². The summed E-state index contributed by atoms with van der Waals surface area (Å²) in [5.41, 5.74) is 3.88. The Kier molecular flexibility index (Phi) is 5.24. The van der Waals surface area contributed by atoms with Crippen molar-refractivity contribution in [3.63, 3.8) is 0 Å². The molecule has 1 aliphatic rings. The third-order valence-corrected chi connectivity index (χ3v) is 6.98. The van der Waals surface area contributed by atoms with Crippen LogP contribution in [0.5, 0.6) is 0 Å². The van der Waals surface area contributed by atoms with Crippen LogP contribution in [0.25, 0.3) is 10.2 Å². The summed E-state index contributed by atoms with van der Waals surface area (Å²) < 4.78 is 2.83. The summed E-state index contributed by atoms with van der Waals surface area (Å²) in [4.78, 5) is 15.4. The summed E-state index contributed by atoms with van der Waals surface area (Å²) in [5.74, 6) is 0. The Balaban J connectivity index is 1.40. The van der Waals surface area contributed by atoms with Gasteiger partial charge in [0.25, 0.3) is 0 Å². The van der Waals surface area contributed by atoms with Crippen molar-refractivity contribution in [1.82, 2.24) is 14.9 Å². The van der Waals surface area contributed by atoms with Gasteiger partial charge < -0.3 is 14.9 Å². The molecule has 144 valence electrons. The van der Waals surface area contributed by atoms with Crippen LogP contribution in [0.1, 0.15) is 50.3 Å². The summed E-state index contributed by atoms with van der Waals surface area (Å²) >= 11 is 1.34. The topological polar surface area (TPSA) is 49.8 Å². The predicted molar refractivity (Wildman–Crippen MR) is 114 cm³/mol. The number of aromatic nitrogens is 2. The number of hydrogen-bond acceptors (Lipinski definition) is 3. The zero-order valence-corrected chi connectivity index (χ0v) is 17.1. The van der Waals surface area contributed by atoms with E-state index in [1.165, 1.54) is 35.4 Å². The van der Waals surface area contributed by atoms with Gasteiger partial charge in [-0.05, 0) is 74.9 Å². The highest BCUT2D eigenvalue weighted by Crippen LogP contribution is 2.32. The average molecular weight is 384 g/mol. The van der Waals surface area contributed by atoms with Crippen LogP contribution in [-0.4, -0.2) is 22.1 Å². The van der Waals surface area contributed by atoms with Crippen molar-refractivity contribution >= 4 is 21.6 Å². The van der Waals surface area contributed by atoms with E-state index in [-0.39, 0.29) is 10.3 Å². The summed E-state index contributed by atoms with van der Waals surface area (Å²) in [7, 11) is 1.85. The van der Waals surface area contributed by atoms with Gasteiger partial charge in [0.15, 0.2) is 0 Å². The average Bonchev–Trinajstić information content (AvgIpc) is 3.20. The monoisotopic (exact) mass is 383 g/mol. The number of fused-ring (bicyclic) bond motifs is 1. The molecule has 3 aromatic rings. The minimum absolute atomic E-state index is 0.115. The van der Waals surface area contributed by atoms with E-state index in [2.05, 4.69) is 47.6 Å². The normalized spacial score (nSPS) is 16.7. The van der Waals surface area contributed by atoms with Gasteiger partial charge >= 0.3 is 4.87 Å². The number of hydrogen-bond donors (Lipinski definition) is 2. The van der Waals surface area contributed by atoms with Gasteiger partial charge in [0, 0.05) is 30.4 Å². The first kappa shape index (κ1) is 18.5. The fourth-order valence-electron chi connectivity index (χ4n) is 3.96. The molecule has 0 bridgehead atoms. The summed E-state index contributed by atoms with van der Waals surface area (Å²) in [5, 5.41) is 3.67. The quantitative estimate of drug-likeness (QED) is 0.577. The van der Waals surface area contributed by atoms with E-state index >= 15 is 0 Å². The van der Waals surface area contributed by atoms with E-state index in [1.807, 2.05) is 13.2 Å². The molecule has 2 aromatic heterocycles. The number of nitrogens with one attached hydrogen (secondary N) is 2. The molecule has 2 N–H and O–H groups in total. The van der Waals surface area contributed by atoms with E-state index in [1.54, 1.807) is 4.57 Å². The molecule has 0 amide bonds. The third kappa shape index (κ3) is 4.19. The highest BCUT2D eigenvalue weighted by atomic mass is 32.1. The molecular weight excluding hydrogens is 354 g/mol. The second-order valence-corrected chi connectivity index (χ2v) is 9.20. The van der Waals surface area contributed by atoms with Gasteiger partial charge in [0.1, 0.15) is 0 Å². The lowest BCUT2D eigenvalue weighted by Crippen LogP contribution is -2.29.